The molecule has 1 aromatic carbocycles. The van der Waals surface area contributed by atoms with Crippen molar-refractivity contribution in [3.63, 3.8) is 0 Å². The Balaban J connectivity index is 2.66. The lowest BCUT2D eigenvalue weighted by Gasteiger charge is -2.19. The van der Waals surface area contributed by atoms with E-state index in [2.05, 4.69) is 59.8 Å². The first kappa shape index (κ1) is 12.7. The summed E-state index contributed by atoms with van der Waals surface area (Å²) in [5, 5.41) is 1.05. The van der Waals surface area contributed by atoms with Gasteiger partial charge in [-0.2, -0.15) is 0 Å². The zero-order valence-corrected chi connectivity index (χ0v) is 11.5. The molecule has 84 valence electrons. The van der Waals surface area contributed by atoms with Crippen molar-refractivity contribution in [3.8, 4) is 0 Å². The van der Waals surface area contributed by atoms with Gasteiger partial charge in [0, 0.05) is 18.4 Å². The molecule has 0 aliphatic heterocycles. The highest BCUT2D eigenvalue weighted by molar-refractivity contribution is 9.09. The van der Waals surface area contributed by atoms with E-state index in [9.17, 15) is 0 Å². The minimum atomic E-state index is 1.05. The van der Waals surface area contributed by atoms with Gasteiger partial charge < -0.3 is 0 Å². The van der Waals surface area contributed by atoms with Gasteiger partial charge in [0.05, 0.1) is 0 Å². The van der Waals surface area contributed by atoms with E-state index in [-0.39, 0.29) is 0 Å². The molecule has 1 rings (SSSR count). The standard InChI is InChI=1S/C13H20BrN/c1-4-15(8-7-14)10-13-6-5-11(2)12(3)9-13/h5-6,9H,4,7-8,10H2,1-3H3. The Kier molecular flexibility index (Phi) is 5.34. The zero-order chi connectivity index (χ0) is 11.3. The van der Waals surface area contributed by atoms with Crippen molar-refractivity contribution in [2.45, 2.75) is 27.3 Å². The molecule has 0 bridgehead atoms. The fourth-order valence-electron chi connectivity index (χ4n) is 1.63. The molecule has 0 amide bonds. The molecule has 0 fully saturated rings. The predicted molar refractivity (Wildman–Crippen MR) is 70.7 cm³/mol. The van der Waals surface area contributed by atoms with E-state index in [1.54, 1.807) is 0 Å². The molecule has 0 aromatic heterocycles. The summed E-state index contributed by atoms with van der Waals surface area (Å²) in [6, 6.07) is 6.75. The molecular weight excluding hydrogens is 250 g/mol. The maximum absolute atomic E-state index is 3.49. The van der Waals surface area contributed by atoms with Gasteiger partial charge in [-0.1, -0.05) is 41.1 Å². The van der Waals surface area contributed by atoms with Gasteiger partial charge in [0.1, 0.15) is 0 Å². The molecule has 0 aliphatic carbocycles. The molecule has 1 aromatic rings. The van der Waals surface area contributed by atoms with E-state index in [1.165, 1.54) is 16.7 Å². The van der Waals surface area contributed by atoms with Crippen LogP contribution in [0.15, 0.2) is 18.2 Å². The van der Waals surface area contributed by atoms with Gasteiger partial charge in [-0.05, 0) is 37.1 Å². The minimum absolute atomic E-state index is 1.05. The Morgan fingerprint density at radius 1 is 1.20 bits per heavy atom. The Bertz CT molecular complexity index is 309. The van der Waals surface area contributed by atoms with Crippen LogP contribution in [0, 0.1) is 13.8 Å². The van der Waals surface area contributed by atoms with Crippen LogP contribution in [0.5, 0.6) is 0 Å². The second kappa shape index (κ2) is 6.29. The molecule has 2 heteroatoms. The van der Waals surface area contributed by atoms with Crippen LogP contribution in [0.3, 0.4) is 0 Å². The lowest BCUT2D eigenvalue weighted by molar-refractivity contribution is 0.299. The van der Waals surface area contributed by atoms with Crippen LogP contribution >= 0.6 is 15.9 Å². The number of halogens is 1. The summed E-state index contributed by atoms with van der Waals surface area (Å²) in [5.74, 6) is 0. The van der Waals surface area contributed by atoms with Gasteiger partial charge in [-0.3, -0.25) is 4.90 Å². The molecule has 0 heterocycles. The van der Waals surface area contributed by atoms with Crippen LogP contribution in [-0.2, 0) is 6.54 Å². The number of rotatable bonds is 5. The third-order valence-corrected chi connectivity index (χ3v) is 3.18. The Labute approximate surface area is 102 Å². The largest absolute Gasteiger partial charge is 0.299 e. The first-order valence-electron chi connectivity index (χ1n) is 5.51. The quantitative estimate of drug-likeness (QED) is 0.740. The lowest BCUT2D eigenvalue weighted by atomic mass is 10.1. The molecule has 0 N–H and O–H groups in total. The maximum atomic E-state index is 3.49. The van der Waals surface area contributed by atoms with E-state index in [0.717, 1.165) is 25.0 Å². The predicted octanol–water partition coefficient (Wildman–Crippen LogP) is 3.52. The smallest absolute Gasteiger partial charge is 0.0234 e. The average molecular weight is 270 g/mol. The molecule has 1 nitrogen and oxygen atoms in total. The Morgan fingerprint density at radius 3 is 2.47 bits per heavy atom. The molecular formula is C13H20BrN. The summed E-state index contributed by atoms with van der Waals surface area (Å²) >= 11 is 3.49. The van der Waals surface area contributed by atoms with E-state index >= 15 is 0 Å². The fraction of sp³-hybridized carbons (Fsp3) is 0.538. The number of hydrogen-bond donors (Lipinski definition) is 0. The van der Waals surface area contributed by atoms with Gasteiger partial charge in [-0.25, -0.2) is 0 Å². The van der Waals surface area contributed by atoms with Crippen LogP contribution in [0.1, 0.15) is 23.6 Å². The van der Waals surface area contributed by atoms with Gasteiger partial charge in [0.2, 0.25) is 0 Å². The van der Waals surface area contributed by atoms with E-state index < -0.39 is 0 Å². The summed E-state index contributed by atoms with van der Waals surface area (Å²) in [5.41, 5.74) is 4.19. The molecule has 15 heavy (non-hydrogen) atoms. The van der Waals surface area contributed by atoms with Crippen LogP contribution in [0.25, 0.3) is 0 Å². The first-order valence-corrected chi connectivity index (χ1v) is 6.64. The molecule has 0 unspecified atom stereocenters. The number of aryl methyl sites for hydroxylation is 2. The van der Waals surface area contributed by atoms with Gasteiger partial charge >= 0.3 is 0 Å². The van der Waals surface area contributed by atoms with Crippen LogP contribution in [-0.4, -0.2) is 23.3 Å². The number of nitrogens with zero attached hydrogens (tertiary/aromatic N) is 1. The third-order valence-electron chi connectivity index (χ3n) is 2.83. The highest BCUT2D eigenvalue weighted by atomic mass is 79.9. The van der Waals surface area contributed by atoms with Crippen LogP contribution in [0.4, 0.5) is 0 Å². The lowest BCUT2D eigenvalue weighted by Crippen LogP contribution is -2.24. The fourth-order valence-corrected chi connectivity index (χ4v) is 2.13. The molecule has 0 spiro atoms. The van der Waals surface area contributed by atoms with Crippen LogP contribution in [0.2, 0.25) is 0 Å². The van der Waals surface area contributed by atoms with Crippen molar-refractivity contribution in [2.75, 3.05) is 18.4 Å². The van der Waals surface area contributed by atoms with Crippen molar-refractivity contribution in [2.24, 2.45) is 0 Å². The summed E-state index contributed by atoms with van der Waals surface area (Å²) in [4.78, 5) is 2.44. The Hall–Kier alpha value is -0.340. The summed E-state index contributed by atoms with van der Waals surface area (Å²) < 4.78 is 0. The zero-order valence-electron chi connectivity index (χ0n) is 9.89. The van der Waals surface area contributed by atoms with Crippen molar-refractivity contribution < 1.29 is 0 Å². The normalized spacial score (nSPS) is 11.0. The molecule has 0 saturated carbocycles. The topological polar surface area (TPSA) is 3.24 Å². The molecule has 0 aliphatic rings. The van der Waals surface area contributed by atoms with Crippen molar-refractivity contribution >= 4 is 15.9 Å². The Morgan fingerprint density at radius 2 is 1.93 bits per heavy atom. The van der Waals surface area contributed by atoms with Gasteiger partial charge in [0.25, 0.3) is 0 Å². The highest BCUT2D eigenvalue weighted by Crippen LogP contribution is 2.11. The second-order valence-corrected chi connectivity index (χ2v) is 4.77. The SMILES string of the molecule is CCN(CCBr)Cc1ccc(C)c(C)c1. The van der Waals surface area contributed by atoms with Gasteiger partial charge in [-0.15, -0.1) is 0 Å². The van der Waals surface area contributed by atoms with Crippen LogP contribution < -0.4 is 0 Å². The van der Waals surface area contributed by atoms with Crippen molar-refractivity contribution in [1.29, 1.82) is 0 Å². The summed E-state index contributed by atoms with van der Waals surface area (Å²) in [7, 11) is 0. The van der Waals surface area contributed by atoms with E-state index in [1.807, 2.05) is 0 Å². The highest BCUT2D eigenvalue weighted by Gasteiger charge is 2.03. The minimum Gasteiger partial charge on any atom is -0.299 e. The first-order chi connectivity index (χ1) is 7.17. The number of hydrogen-bond acceptors (Lipinski definition) is 1. The number of alkyl halides is 1. The third kappa shape index (κ3) is 3.96. The van der Waals surface area contributed by atoms with Crippen molar-refractivity contribution in [1.82, 2.24) is 4.90 Å². The van der Waals surface area contributed by atoms with E-state index in [0.29, 0.717) is 0 Å². The number of benzene rings is 1. The molecule has 0 saturated heterocycles. The van der Waals surface area contributed by atoms with Gasteiger partial charge in [0.15, 0.2) is 0 Å². The molecule has 0 radical (unpaired) electrons. The summed E-state index contributed by atoms with van der Waals surface area (Å²) in [6.45, 7) is 9.84. The van der Waals surface area contributed by atoms with E-state index in [4.69, 9.17) is 0 Å². The summed E-state index contributed by atoms with van der Waals surface area (Å²) in [6.07, 6.45) is 0. The monoisotopic (exact) mass is 269 g/mol. The second-order valence-electron chi connectivity index (χ2n) is 3.98. The average Bonchev–Trinajstić information content (AvgIpc) is 2.23. The van der Waals surface area contributed by atoms with Crippen molar-refractivity contribution in [3.05, 3.63) is 34.9 Å². The maximum Gasteiger partial charge on any atom is 0.0234 e. The molecule has 0 atom stereocenters.